The Balaban J connectivity index is 1.93. The van der Waals surface area contributed by atoms with Crippen LogP contribution in [0.1, 0.15) is 5.56 Å². The van der Waals surface area contributed by atoms with Crippen LogP contribution in [-0.2, 0) is 19.7 Å². The van der Waals surface area contributed by atoms with Crippen molar-refractivity contribution in [2.24, 2.45) is 5.16 Å². The van der Waals surface area contributed by atoms with Crippen LogP contribution in [0.2, 0.25) is 0 Å². The molecule has 12 heteroatoms. The fourth-order valence-electron chi connectivity index (χ4n) is 2.29. The number of amides is 1. The number of sulfonamides is 1. The molecule has 2 aromatic carbocycles. The number of halogens is 2. The van der Waals surface area contributed by atoms with E-state index in [2.05, 4.69) is 15.2 Å². The third-order valence-electron chi connectivity index (χ3n) is 3.77. The highest BCUT2D eigenvalue weighted by Gasteiger charge is 2.17. The van der Waals surface area contributed by atoms with Gasteiger partial charge in [-0.1, -0.05) is 11.2 Å². The normalized spacial score (nSPS) is 11.7. The average Bonchev–Trinajstić information content (AvgIpc) is 2.71. The highest BCUT2D eigenvalue weighted by atomic mass is 32.2. The summed E-state index contributed by atoms with van der Waals surface area (Å²) in [4.78, 5) is 16.9. The summed E-state index contributed by atoms with van der Waals surface area (Å²) in [6, 6.07) is 9.91. The summed E-state index contributed by atoms with van der Waals surface area (Å²) in [5, 5.41) is 6.14. The van der Waals surface area contributed by atoms with Crippen LogP contribution in [0, 0.1) is 0 Å². The smallest absolute Gasteiger partial charge is 0.387 e. The van der Waals surface area contributed by atoms with Crippen LogP contribution in [0.4, 0.5) is 14.5 Å². The van der Waals surface area contributed by atoms with Crippen LogP contribution in [0.5, 0.6) is 11.5 Å². The molecule has 31 heavy (non-hydrogen) atoms. The number of alkyl halides is 2. The number of benzene rings is 2. The number of nitrogens with one attached hydrogen (secondary N) is 1. The van der Waals surface area contributed by atoms with Gasteiger partial charge in [0.05, 0.1) is 18.2 Å². The van der Waals surface area contributed by atoms with Gasteiger partial charge in [0, 0.05) is 25.3 Å². The zero-order valence-corrected chi connectivity index (χ0v) is 17.7. The number of hydrogen-bond acceptors (Lipinski definition) is 7. The molecule has 0 saturated carbocycles. The molecule has 0 bridgehead atoms. The van der Waals surface area contributed by atoms with Crippen molar-refractivity contribution in [1.82, 2.24) is 4.31 Å². The first-order valence-corrected chi connectivity index (χ1v) is 10.2. The van der Waals surface area contributed by atoms with Gasteiger partial charge in [-0.15, -0.1) is 0 Å². The molecule has 1 amide bonds. The van der Waals surface area contributed by atoms with Gasteiger partial charge in [0.2, 0.25) is 10.0 Å². The first-order chi connectivity index (χ1) is 14.6. The zero-order chi connectivity index (χ0) is 23.0. The van der Waals surface area contributed by atoms with E-state index in [1.165, 1.54) is 69.9 Å². The van der Waals surface area contributed by atoms with Crippen molar-refractivity contribution >= 4 is 27.8 Å². The van der Waals surface area contributed by atoms with Gasteiger partial charge in [-0.3, -0.25) is 4.79 Å². The largest absolute Gasteiger partial charge is 0.493 e. The molecule has 0 radical (unpaired) electrons. The van der Waals surface area contributed by atoms with Gasteiger partial charge in [0.1, 0.15) is 0 Å². The van der Waals surface area contributed by atoms with E-state index in [9.17, 15) is 22.0 Å². The number of rotatable bonds is 10. The number of oxime groups is 1. The standard InChI is InChI=1S/C19H21F2N3O6S/c1-24(2)31(26,27)15-6-4-5-14(10-15)23-18(25)12-29-22-11-13-7-8-16(30-19(20)21)17(9-13)28-3/h4-11,19H,12H2,1-3H3,(H,23,25)/b22-11+. The van der Waals surface area contributed by atoms with Crippen LogP contribution in [0.3, 0.4) is 0 Å². The first kappa shape index (κ1) is 24.0. The van der Waals surface area contributed by atoms with E-state index in [0.717, 1.165) is 4.31 Å². The average molecular weight is 457 g/mol. The minimum Gasteiger partial charge on any atom is -0.493 e. The Morgan fingerprint density at radius 1 is 1.19 bits per heavy atom. The number of carbonyl (C=O) groups excluding carboxylic acids is 1. The predicted octanol–water partition coefficient (Wildman–Crippen LogP) is 2.54. The Morgan fingerprint density at radius 3 is 2.58 bits per heavy atom. The Labute approximate surface area is 178 Å². The van der Waals surface area contributed by atoms with Gasteiger partial charge in [-0.25, -0.2) is 12.7 Å². The molecular formula is C19H21F2N3O6S. The molecule has 0 aliphatic carbocycles. The quantitative estimate of drug-likeness (QED) is 0.434. The van der Waals surface area contributed by atoms with Crippen molar-refractivity contribution in [3.8, 4) is 11.5 Å². The number of hydrogen-bond donors (Lipinski definition) is 1. The van der Waals surface area contributed by atoms with Crippen molar-refractivity contribution in [2.75, 3.05) is 33.1 Å². The van der Waals surface area contributed by atoms with Crippen molar-refractivity contribution < 1.29 is 36.3 Å². The topological polar surface area (TPSA) is 107 Å². The molecule has 0 saturated heterocycles. The molecule has 1 N–H and O–H groups in total. The van der Waals surface area contributed by atoms with E-state index in [1.807, 2.05) is 0 Å². The van der Waals surface area contributed by atoms with Crippen LogP contribution in [0.15, 0.2) is 52.5 Å². The number of nitrogens with zero attached hydrogens (tertiary/aromatic N) is 2. The lowest BCUT2D eigenvalue weighted by molar-refractivity contribution is -0.120. The van der Waals surface area contributed by atoms with Crippen molar-refractivity contribution in [3.05, 3.63) is 48.0 Å². The van der Waals surface area contributed by atoms with E-state index < -0.39 is 29.1 Å². The molecule has 0 heterocycles. The lowest BCUT2D eigenvalue weighted by Crippen LogP contribution is -2.22. The maximum absolute atomic E-state index is 12.3. The first-order valence-electron chi connectivity index (χ1n) is 8.74. The van der Waals surface area contributed by atoms with Gasteiger partial charge >= 0.3 is 6.61 Å². The minimum atomic E-state index is -3.64. The molecule has 0 aliphatic rings. The molecule has 2 rings (SSSR count). The Kier molecular flexibility index (Phi) is 8.28. The van der Waals surface area contributed by atoms with Crippen molar-refractivity contribution in [3.63, 3.8) is 0 Å². The lowest BCUT2D eigenvalue weighted by Gasteiger charge is -2.12. The molecule has 2 aromatic rings. The van der Waals surface area contributed by atoms with E-state index in [-0.39, 0.29) is 22.1 Å². The number of methoxy groups -OCH3 is 1. The number of carbonyl (C=O) groups is 1. The van der Waals surface area contributed by atoms with Gasteiger partial charge in [0.15, 0.2) is 18.1 Å². The van der Waals surface area contributed by atoms with Crippen LogP contribution in [-0.4, -0.2) is 59.3 Å². The lowest BCUT2D eigenvalue weighted by atomic mass is 10.2. The Hall–Kier alpha value is -3.25. The van der Waals surface area contributed by atoms with Gasteiger partial charge in [-0.05, 0) is 36.4 Å². The Morgan fingerprint density at radius 2 is 1.94 bits per heavy atom. The SMILES string of the molecule is COc1cc(/C=N/OCC(=O)Nc2cccc(S(=O)(=O)N(C)C)c2)ccc1OC(F)F. The van der Waals surface area contributed by atoms with Crippen LogP contribution >= 0.6 is 0 Å². The maximum Gasteiger partial charge on any atom is 0.387 e. The van der Waals surface area contributed by atoms with E-state index in [4.69, 9.17) is 9.57 Å². The molecule has 0 unspecified atom stereocenters. The summed E-state index contributed by atoms with van der Waals surface area (Å²) in [7, 11) is 0.472. The molecule has 0 spiro atoms. The van der Waals surface area contributed by atoms with Crippen molar-refractivity contribution in [1.29, 1.82) is 0 Å². The van der Waals surface area contributed by atoms with E-state index in [1.54, 1.807) is 0 Å². The highest BCUT2D eigenvalue weighted by Crippen LogP contribution is 2.29. The summed E-state index contributed by atoms with van der Waals surface area (Å²) in [5.74, 6) is -0.613. The third-order valence-corrected chi connectivity index (χ3v) is 5.58. The zero-order valence-electron chi connectivity index (χ0n) is 16.9. The van der Waals surface area contributed by atoms with Crippen molar-refractivity contribution in [2.45, 2.75) is 11.5 Å². The molecule has 0 fully saturated rings. The van der Waals surface area contributed by atoms with Crippen LogP contribution < -0.4 is 14.8 Å². The summed E-state index contributed by atoms with van der Waals surface area (Å²) >= 11 is 0. The fourth-order valence-corrected chi connectivity index (χ4v) is 3.24. The van der Waals surface area contributed by atoms with Gasteiger partial charge < -0.3 is 19.6 Å². The molecule has 0 aromatic heterocycles. The molecular weight excluding hydrogens is 436 g/mol. The maximum atomic E-state index is 12.3. The summed E-state index contributed by atoms with van der Waals surface area (Å²) in [5.41, 5.74) is 0.736. The summed E-state index contributed by atoms with van der Waals surface area (Å²) < 4.78 is 59.3. The molecule has 0 aliphatic heterocycles. The fraction of sp³-hybridized carbons (Fsp3) is 0.263. The van der Waals surface area contributed by atoms with Gasteiger partial charge in [0.25, 0.3) is 5.91 Å². The number of ether oxygens (including phenoxy) is 2. The Bertz CT molecular complexity index is 1040. The third kappa shape index (κ3) is 6.89. The second kappa shape index (κ2) is 10.7. The second-order valence-corrected chi connectivity index (χ2v) is 8.31. The predicted molar refractivity (Wildman–Crippen MR) is 109 cm³/mol. The monoisotopic (exact) mass is 457 g/mol. The second-order valence-electron chi connectivity index (χ2n) is 6.16. The molecule has 0 atom stereocenters. The van der Waals surface area contributed by atoms with Crippen LogP contribution in [0.25, 0.3) is 0 Å². The number of anilines is 1. The minimum absolute atomic E-state index is 0.0301. The van der Waals surface area contributed by atoms with E-state index >= 15 is 0 Å². The molecule has 9 nitrogen and oxygen atoms in total. The summed E-state index contributed by atoms with van der Waals surface area (Å²) in [6.45, 7) is -3.43. The highest BCUT2D eigenvalue weighted by molar-refractivity contribution is 7.89. The molecule has 168 valence electrons. The van der Waals surface area contributed by atoms with E-state index in [0.29, 0.717) is 5.56 Å². The summed E-state index contributed by atoms with van der Waals surface area (Å²) in [6.07, 6.45) is 1.26. The van der Waals surface area contributed by atoms with Gasteiger partial charge in [-0.2, -0.15) is 8.78 Å².